The number of hydrogen-bond acceptors (Lipinski definition) is 0. The van der Waals surface area contributed by atoms with Crippen molar-refractivity contribution < 1.29 is 0 Å². The maximum atomic E-state index is 2.36. The zero-order valence-electron chi connectivity index (χ0n) is 9.52. The molecule has 0 unspecified atom stereocenters. The van der Waals surface area contributed by atoms with Crippen LogP contribution in [0.1, 0.15) is 19.3 Å². The number of benzene rings is 2. The van der Waals surface area contributed by atoms with E-state index < -0.39 is 0 Å². The lowest BCUT2D eigenvalue weighted by molar-refractivity contribution is 0.755. The third kappa shape index (κ3) is 1.87. The Balaban J connectivity index is 2.08. The molecule has 0 nitrogen and oxygen atoms in total. The van der Waals surface area contributed by atoms with Gasteiger partial charge in [-0.2, -0.15) is 0 Å². The Morgan fingerprint density at radius 2 is 1.50 bits per heavy atom. The zero-order valence-corrected chi connectivity index (χ0v) is 10.4. The first-order valence-electron chi connectivity index (χ1n) is 6.18. The summed E-state index contributed by atoms with van der Waals surface area (Å²) in [5.41, 5.74) is 0. The second-order valence-electron chi connectivity index (χ2n) is 4.55. The molecule has 0 bridgehead atoms. The van der Waals surface area contributed by atoms with Crippen LogP contribution in [0, 0.1) is 0 Å². The van der Waals surface area contributed by atoms with Crippen molar-refractivity contribution in [3.8, 4) is 0 Å². The van der Waals surface area contributed by atoms with Gasteiger partial charge in [0.15, 0.2) is 0 Å². The van der Waals surface area contributed by atoms with E-state index in [2.05, 4.69) is 42.5 Å². The van der Waals surface area contributed by atoms with Crippen molar-refractivity contribution in [2.75, 3.05) is 12.3 Å². The summed E-state index contributed by atoms with van der Waals surface area (Å²) in [6.45, 7) is 0. The quantitative estimate of drug-likeness (QED) is 0.644. The van der Waals surface area contributed by atoms with Gasteiger partial charge in [0.25, 0.3) is 0 Å². The first kappa shape index (κ1) is 10.3. The van der Waals surface area contributed by atoms with Crippen LogP contribution < -0.4 is 5.30 Å². The Morgan fingerprint density at radius 1 is 0.750 bits per heavy atom. The molecule has 1 heteroatoms. The van der Waals surface area contributed by atoms with Crippen molar-refractivity contribution in [2.45, 2.75) is 19.3 Å². The summed E-state index contributed by atoms with van der Waals surface area (Å²) in [5.74, 6) is 0. The molecule has 0 saturated carbocycles. The fourth-order valence-electron chi connectivity index (χ4n) is 2.62. The number of rotatable bonds is 1. The summed E-state index contributed by atoms with van der Waals surface area (Å²) in [4.78, 5) is 0. The van der Waals surface area contributed by atoms with E-state index in [1.165, 1.54) is 42.4 Å². The highest BCUT2D eigenvalue weighted by molar-refractivity contribution is 7.66. The second kappa shape index (κ2) is 4.55. The SMILES string of the molecule is c1ccc2c(P3CCCCC3)cccc2c1. The normalized spacial score (nSPS) is 17.8. The van der Waals surface area contributed by atoms with Gasteiger partial charge in [-0.3, -0.25) is 0 Å². The summed E-state index contributed by atoms with van der Waals surface area (Å²) < 4.78 is 0. The maximum absolute atomic E-state index is 2.36. The lowest BCUT2D eigenvalue weighted by Crippen LogP contribution is -2.11. The Labute approximate surface area is 98.4 Å². The molecule has 82 valence electrons. The third-order valence-electron chi connectivity index (χ3n) is 3.46. The van der Waals surface area contributed by atoms with E-state index in [1.807, 2.05) is 0 Å². The van der Waals surface area contributed by atoms with Crippen molar-refractivity contribution in [1.29, 1.82) is 0 Å². The summed E-state index contributed by atoms with van der Waals surface area (Å²) in [5, 5.41) is 4.55. The van der Waals surface area contributed by atoms with Crippen molar-refractivity contribution in [2.24, 2.45) is 0 Å². The average Bonchev–Trinajstić information content (AvgIpc) is 2.39. The highest BCUT2D eigenvalue weighted by atomic mass is 31.1. The topological polar surface area (TPSA) is 0 Å². The van der Waals surface area contributed by atoms with Crippen LogP contribution in [-0.2, 0) is 0 Å². The van der Waals surface area contributed by atoms with Crippen LogP contribution in [0.4, 0.5) is 0 Å². The molecule has 0 amide bonds. The molecule has 3 rings (SSSR count). The van der Waals surface area contributed by atoms with Crippen LogP contribution in [0.25, 0.3) is 10.8 Å². The van der Waals surface area contributed by atoms with E-state index in [9.17, 15) is 0 Å². The highest BCUT2D eigenvalue weighted by Gasteiger charge is 2.16. The smallest absolute Gasteiger partial charge is 0.0107 e. The van der Waals surface area contributed by atoms with E-state index in [0.717, 1.165) is 0 Å². The van der Waals surface area contributed by atoms with Crippen LogP contribution in [0.2, 0.25) is 0 Å². The standard InChI is InChI=1S/C15H17P/c1-4-11-16(12-5-1)15-10-6-8-13-7-2-3-9-14(13)15/h2-3,6-10H,1,4-5,11-12H2. The van der Waals surface area contributed by atoms with Crippen molar-refractivity contribution in [1.82, 2.24) is 0 Å². The van der Waals surface area contributed by atoms with Gasteiger partial charge in [0.2, 0.25) is 0 Å². The first-order chi connectivity index (χ1) is 7.95. The molecule has 1 saturated heterocycles. The van der Waals surface area contributed by atoms with Gasteiger partial charge in [-0.15, -0.1) is 0 Å². The van der Waals surface area contributed by atoms with E-state index >= 15 is 0 Å². The summed E-state index contributed by atoms with van der Waals surface area (Å²) in [6.07, 6.45) is 7.22. The van der Waals surface area contributed by atoms with Crippen LogP contribution in [0.5, 0.6) is 0 Å². The summed E-state index contributed by atoms with van der Waals surface area (Å²) in [6, 6.07) is 15.7. The molecule has 1 heterocycles. The summed E-state index contributed by atoms with van der Waals surface area (Å²) in [7, 11) is 0.133. The van der Waals surface area contributed by atoms with Crippen LogP contribution >= 0.6 is 7.92 Å². The molecule has 0 atom stereocenters. The molecule has 2 aromatic carbocycles. The van der Waals surface area contributed by atoms with Gasteiger partial charge in [0.05, 0.1) is 0 Å². The molecule has 0 N–H and O–H groups in total. The van der Waals surface area contributed by atoms with E-state index in [0.29, 0.717) is 0 Å². The lowest BCUT2D eigenvalue weighted by Gasteiger charge is -2.23. The molecule has 0 spiro atoms. The highest BCUT2D eigenvalue weighted by Crippen LogP contribution is 2.42. The minimum absolute atomic E-state index is 0.133. The fourth-order valence-corrected chi connectivity index (χ4v) is 5.38. The lowest BCUT2D eigenvalue weighted by atomic mass is 10.1. The monoisotopic (exact) mass is 228 g/mol. The molecular weight excluding hydrogens is 211 g/mol. The molecule has 0 radical (unpaired) electrons. The van der Waals surface area contributed by atoms with Crippen LogP contribution in [0.3, 0.4) is 0 Å². The van der Waals surface area contributed by atoms with Gasteiger partial charge in [-0.1, -0.05) is 56.8 Å². The Kier molecular flexibility index (Phi) is 2.93. The molecule has 1 fully saturated rings. The van der Waals surface area contributed by atoms with Gasteiger partial charge >= 0.3 is 0 Å². The minimum Gasteiger partial charge on any atom is -0.0746 e. The molecule has 1 aliphatic rings. The van der Waals surface area contributed by atoms with Crippen molar-refractivity contribution in [3.05, 3.63) is 42.5 Å². The van der Waals surface area contributed by atoms with Crippen LogP contribution in [0.15, 0.2) is 42.5 Å². The largest absolute Gasteiger partial charge is 0.0746 e. The Hall–Kier alpha value is -0.870. The third-order valence-corrected chi connectivity index (χ3v) is 6.25. The Morgan fingerprint density at radius 3 is 2.38 bits per heavy atom. The van der Waals surface area contributed by atoms with Crippen molar-refractivity contribution in [3.63, 3.8) is 0 Å². The summed E-state index contributed by atoms with van der Waals surface area (Å²) >= 11 is 0. The van der Waals surface area contributed by atoms with Gasteiger partial charge in [0, 0.05) is 0 Å². The van der Waals surface area contributed by atoms with Gasteiger partial charge in [-0.25, -0.2) is 0 Å². The second-order valence-corrected chi connectivity index (χ2v) is 7.00. The van der Waals surface area contributed by atoms with Gasteiger partial charge in [-0.05, 0) is 41.2 Å². The molecule has 1 aliphatic heterocycles. The van der Waals surface area contributed by atoms with Gasteiger partial charge in [0.1, 0.15) is 0 Å². The van der Waals surface area contributed by atoms with E-state index in [4.69, 9.17) is 0 Å². The molecular formula is C15H17P. The minimum atomic E-state index is 0.133. The predicted molar refractivity (Wildman–Crippen MR) is 74.1 cm³/mol. The molecule has 2 aromatic rings. The average molecular weight is 228 g/mol. The number of hydrogen-bond donors (Lipinski definition) is 0. The number of fused-ring (bicyclic) bond motifs is 1. The molecule has 0 aliphatic carbocycles. The van der Waals surface area contributed by atoms with E-state index in [-0.39, 0.29) is 7.92 Å². The first-order valence-corrected chi connectivity index (χ1v) is 7.89. The van der Waals surface area contributed by atoms with Gasteiger partial charge < -0.3 is 0 Å². The fraction of sp³-hybridized carbons (Fsp3) is 0.333. The molecule has 0 aromatic heterocycles. The van der Waals surface area contributed by atoms with E-state index in [1.54, 1.807) is 5.30 Å². The van der Waals surface area contributed by atoms with Crippen LogP contribution in [-0.4, -0.2) is 12.3 Å². The maximum Gasteiger partial charge on any atom is -0.0107 e. The predicted octanol–water partition coefficient (Wildman–Crippen LogP) is 4.13. The molecule has 16 heavy (non-hydrogen) atoms. The Bertz CT molecular complexity index is 478. The van der Waals surface area contributed by atoms with Crippen molar-refractivity contribution >= 4 is 24.0 Å². The zero-order chi connectivity index (χ0) is 10.8.